The van der Waals surface area contributed by atoms with Crippen LogP contribution in [0.15, 0.2) is 30.5 Å². The summed E-state index contributed by atoms with van der Waals surface area (Å²) in [6.07, 6.45) is 2.78. The van der Waals surface area contributed by atoms with E-state index in [0.29, 0.717) is 0 Å². The lowest BCUT2D eigenvalue weighted by Gasteiger charge is -2.06. The molecule has 0 saturated heterocycles. The van der Waals surface area contributed by atoms with Crippen molar-refractivity contribution in [3.8, 4) is 11.3 Å². The minimum Gasteiger partial charge on any atom is -0.398 e. The van der Waals surface area contributed by atoms with Gasteiger partial charge in [0.1, 0.15) is 0 Å². The molecule has 0 fully saturated rings. The fourth-order valence-corrected chi connectivity index (χ4v) is 1.57. The smallest absolute Gasteiger partial charge is 0.0906 e. The molecule has 4 nitrogen and oxygen atoms in total. The van der Waals surface area contributed by atoms with Crippen LogP contribution in [-0.2, 0) is 6.54 Å². The lowest BCUT2D eigenvalue weighted by Crippen LogP contribution is -2.02. The van der Waals surface area contributed by atoms with E-state index in [4.69, 9.17) is 5.73 Å². The molecule has 1 heterocycles. The molecule has 4 heteroatoms. The Morgan fingerprint density at radius 3 is 2.87 bits per heavy atom. The Labute approximate surface area is 88.7 Å². The quantitative estimate of drug-likeness (QED) is 0.774. The standard InChI is InChI=1S/C11H14N4/c1-2-7-15-11(8-13-14-15)9-5-3-4-6-10(9)12/h3-6,8H,2,7,12H2,1H3. The second kappa shape index (κ2) is 4.13. The van der Waals surface area contributed by atoms with Gasteiger partial charge in [0.15, 0.2) is 0 Å². The third kappa shape index (κ3) is 1.83. The summed E-state index contributed by atoms with van der Waals surface area (Å²) >= 11 is 0. The molecule has 0 radical (unpaired) electrons. The molecule has 0 bridgehead atoms. The molecule has 0 aliphatic heterocycles. The average Bonchev–Trinajstić information content (AvgIpc) is 2.67. The predicted molar refractivity (Wildman–Crippen MR) is 60.2 cm³/mol. The van der Waals surface area contributed by atoms with Gasteiger partial charge in [-0.3, -0.25) is 0 Å². The number of hydrogen-bond donors (Lipinski definition) is 1. The van der Waals surface area contributed by atoms with Crippen LogP contribution in [0.3, 0.4) is 0 Å². The van der Waals surface area contributed by atoms with E-state index in [-0.39, 0.29) is 0 Å². The van der Waals surface area contributed by atoms with Crippen molar-refractivity contribution >= 4 is 5.69 Å². The number of nitrogen functional groups attached to an aromatic ring is 1. The summed E-state index contributed by atoms with van der Waals surface area (Å²) in [5, 5.41) is 7.95. The van der Waals surface area contributed by atoms with Gasteiger partial charge in [-0.1, -0.05) is 30.3 Å². The average molecular weight is 202 g/mol. The molecular weight excluding hydrogens is 188 g/mol. The highest BCUT2D eigenvalue weighted by atomic mass is 15.4. The Bertz CT molecular complexity index is 447. The van der Waals surface area contributed by atoms with Gasteiger partial charge in [0.2, 0.25) is 0 Å². The first-order chi connectivity index (χ1) is 7.33. The fourth-order valence-electron chi connectivity index (χ4n) is 1.57. The van der Waals surface area contributed by atoms with E-state index in [1.165, 1.54) is 0 Å². The summed E-state index contributed by atoms with van der Waals surface area (Å²) in [4.78, 5) is 0. The molecular formula is C11H14N4. The van der Waals surface area contributed by atoms with Gasteiger partial charge in [-0.15, -0.1) is 5.10 Å². The first kappa shape index (κ1) is 9.71. The molecule has 1 aromatic carbocycles. The Morgan fingerprint density at radius 1 is 1.33 bits per heavy atom. The highest BCUT2D eigenvalue weighted by molar-refractivity contribution is 5.73. The lowest BCUT2D eigenvalue weighted by molar-refractivity contribution is 0.584. The highest BCUT2D eigenvalue weighted by Gasteiger charge is 2.07. The maximum atomic E-state index is 5.91. The molecule has 0 atom stereocenters. The zero-order valence-electron chi connectivity index (χ0n) is 8.72. The minimum atomic E-state index is 0.761. The van der Waals surface area contributed by atoms with E-state index in [0.717, 1.165) is 29.9 Å². The molecule has 0 aliphatic carbocycles. The summed E-state index contributed by atoms with van der Waals surface area (Å²) in [5.41, 5.74) is 8.65. The van der Waals surface area contributed by atoms with E-state index >= 15 is 0 Å². The second-order valence-corrected chi connectivity index (χ2v) is 3.43. The number of hydrogen-bond acceptors (Lipinski definition) is 3. The molecule has 0 saturated carbocycles. The van der Waals surface area contributed by atoms with Crippen molar-refractivity contribution in [2.45, 2.75) is 19.9 Å². The Kier molecular flexibility index (Phi) is 2.67. The number of para-hydroxylation sites is 1. The van der Waals surface area contributed by atoms with Gasteiger partial charge in [0.25, 0.3) is 0 Å². The molecule has 2 aromatic rings. The largest absolute Gasteiger partial charge is 0.398 e. The van der Waals surface area contributed by atoms with Crippen molar-refractivity contribution in [1.29, 1.82) is 0 Å². The van der Waals surface area contributed by atoms with Crippen LogP contribution in [0.2, 0.25) is 0 Å². The van der Waals surface area contributed by atoms with Crippen molar-refractivity contribution in [2.75, 3.05) is 5.73 Å². The maximum absolute atomic E-state index is 5.91. The molecule has 15 heavy (non-hydrogen) atoms. The summed E-state index contributed by atoms with van der Waals surface area (Å²) in [7, 11) is 0. The van der Waals surface area contributed by atoms with Gasteiger partial charge in [-0.25, -0.2) is 4.68 Å². The third-order valence-electron chi connectivity index (χ3n) is 2.29. The van der Waals surface area contributed by atoms with E-state index < -0.39 is 0 Å². The molecule has 78 valence electrons. The van der Waals surface area contributed by atoms with Crippen molar-refractivity contribution in [3.05, 3.63) is 30.5 Å². The molecule has 0 aliphatic rings. The molecule has 2 rings (SSSR count). The van der Waals surface area contributed by atoms with Crippen LogP contribution in [0.1, 0.15) is 13.3 Å². The highest BCUT2D eigenvalue weighted by Crippen LogP contribution is 2.24. The second-order valence-electron chi connectivity index (χ2n) is 3.43. The van der Waals surface area contributed by atoms with Crippen LogP contribution < -0.4 is 5.73 Å². The maximum Gasteiger partial charge on any atom is 0.0906 e. The fraction of sp³-hybridized carbons (Fsp3) is 0.273. The van der Waals surface area contributed by atoms with Crippen LogP contribution in [0.5, 0.6) is 0 Å². The van der Waals surface area contributed by atoms with E-state index in [9.17, 15) is 0 Å². The van der Waals surface area contributed by atoms with Gasteiger partial charge in [-0.05, 0) is 12.5 Å². The van der Waals surface area contributed by atoms with Gasteiger partial charge in [0.05, 0.1) is 11.9 Å². The molecule has 2 N–H and O–H groups in total. The first-order valence-electron chi connectivity index (χ1n) is 5.06. The van der Waals surface area contributed by atoms with Crippen molar-refractivity contribution < 1.29 is 0 Å². The number of nitrogens with two attached hydrogens (primary N) is 1. The van der Waals surface area contributed by atoms with E-state index in [1.54, 1.807) is 6.20 Å². The number of rotatable bonds is 3. The zero-order chi connectivity index (χ0) is 10.7. The summed E-state index contributed by atoms with van der Waals surface area (Å²) in [6, 6.07) is 7.76. The molecule has 1 aromatic heterocycles. The SMILES string of the molecule is CCCn1nncc1-c1ccccc1N. The predicted octanol–water partition coefficient (Wildman–Crippen LogP) is 1.94. The minimum absolute atomic E-state index is 0.761. The summed E-state index contributed by atoms with van der Waals surface area (Å²) in [5.74, 6) is 0. The Hall–Kier alpha value is -1.84. The van der Waals surface area contributed by atoms with Crippen molar-refractivity contribution in [2.24, 2.45) is 0 Å². The number of benzene rings is 1. The number of nitrogens with zero attached hydrogens (tertiary/aromatic N) is 3. The van der Waals surface area contributed by atoms with Crippen LogP contribution >= 0.6 is 0 Å². The third-order valence-corrected chi connectivity index (χ3v) is 2.29. The van der Waals surface area contributed by atoms with Crippen molar-refractivity contribution in [1.82, 2.24) is 15.0 Å². The monoisotopic (exact) mass is 202 g/mol. The number of aromatic nitrogens is 3. The first-order valence-corrected chi connectivity index (χ1v) is 5.06. The van der Waals surface area contributed by atoms with Crippen LogP contribution in [-0.4, -0.2) is 15.0 Å². The lowest BCUT2D eigenvalue weighted by atomic mass is 10.1. The van der Waals surface area contributed by atoms with Gasteiger partial charge < -0.3 is 5.73 Å². The van der Waals surface area contributed by atoms with Gasteiger partial charge in [0, 0.05) is 17.8 Å². The Balaban J connectivity index is 2.45. The molecule has 0 unspecified atom stereocenters. The van der Waals surface area contributed by atoms with Crippen LogP contribution in [0, 0.1) is 0 Å². The van der Waals surface area contributed by atoms with Gasteiger partial charge >= 0.3 is 0 Å². The topological polar surface area (TPSA) is 56.7 Å². The number of anilines is 1. The molecule has 0 spiro atoms. The van der Waals surface area contributed by atoms with Gasteiger partial charge in [-0.2, -0.15) is 0 Å². The number of aryl methyl sites for hydroxylation is 1. The Morgan fingerprint density at radius 2 is 2.13 bits per heavy atom. The summed E-state index contributed by atoms with van der Waals surface area (Å²) in [6.45, 7) is 2.98. The normalized spacial score (nSPS) is 10.5. The summed E-state index contributed by atoms with van der Waals surface area (Å²) < 4.78 is 1.88. The van der Waals surface area contributed by atoms with Crippen molar-refractivity contribution in [3.63, 3.8) is 0 Å². The van der Waals surface area contributed by atoms with Crippen LogP contribution in [0.4, 0.5) is 5.69 Å². The van der Waals surface area contributed by atoms with E-state index in [1.807, 2.05) is 28.9 Å². The van der Waals surface area contributed by atoms with Crippen LogP contribution in [0.25, 0.3) is 11.3 Å². The zero-order valence-corrected chi connectivity index (χ0v) is 8.72. The molecule has 0 amide bonds. The van der Waals surface area contributed by atoms with E-state index in [2.05, 4.69) is 17.2 Å².